The second kappa shape index (κ2) is 7.90. The van der Waals surface area contributed by atoms with Crippen molar-refractivity contribution in [3.63, 3.8) is 0 Å². The first kappa shape index (κ1) is 18.4. The number of fused-ring (bicyclic) bond motifs is 1. The summed E-state index contributed by atoms with van der Waals surface area (Å²) >= 11 is 0. The summed E-state index contributed by atoms with van der Waals surface area (Å²) < 4.78 is 3.33. The van der Waals surface area contributed by atoms with Crippen molar-refractivity contribution in [3.8, 4) is 0 Å². The minimum Gasteiger partial charge on any atom is -0.355 e. The zero-order valence-corrected chi connectivity index (χ0v) is 15.4. The third kappa shape index (κ3) is 3.76. The van der Waals surface area contributed by atoms with Gasteiger partial charge in [-0.05, 0) is 43.3 Å². The molecule has 0 aliphatic rings. The maximum absolute atomic E-state index is 12.6. The number of hydrogen-bond acceptors (Lipinski definition) is 3. The number of amides is 2. The van der Waals surface area contributed by atoms with E-state index in [1.165, 1.54) is 0 Å². The Morgan fingerprint density at radius 2 is 1.59 bits per heavy atom. The molecule has 0 fully saturated rings. The maximum Gasteiger partial charge on any atom is 0.329 e. The highest BCUT2D eigenvalue weighted by Crippen LogP contribution is 2.14. The molecule has 1 aromatic heterocycles. The van der Waals surface area contributed by atoms with Gasteiger partial charge >= 0.3 is 5.69 Å². The molecular formula is C20H22N4O3. The standard InChI is InChI=1S/C20H22N4O3/c1-3-23-16-6-4-5-7-17(16)24(20(23)27)13-12-18(25)22-15-10-8-14(9-11-15)19(26)21-2/h4-11H,3,12-13H2,1-2H3,(H,21,26)(H,22,25). The SMILES string of the molecule is CCn1c(=O)n(CCC(=O)Nc2ccc(C(=O)NC)cc2)c2ccccc21. The fraction of sp³-hybridized carbons (Fsp3) is 0.250. The van der Waals surface area contributed by atoms with Gasteiger partial charge in [-0.3, -0.25) is 18.7 Å². The smallest absolute Gasteiger partial charge is 0.329 e. The Hall–Kier alpha value is -3.35. The van der Waals surface area contributed by atoms with Crippen LogP contribution in [0, 0.1) is 0 Å². The molecule has 1 heterocycles. The number of hydrogen-bond donors (Lipinski definition) is 2. The summed E-state index contributed by atoms with van der Waals surface area (Å²) in [4.78, 5) is 36.4. The van der Waals surface area contributed by atoms with Crippen LogP contribution in [0.15, 0.2) is 53.3 Å². The highest BCUT2D eigenvalue weighted by Gasteiger charge is 2.13. The molecule has 0 aliphatic carbocycles. The Kier molecular flexibility index (Phi) is 5.40. The molecule has 140 valence electrons. The molecule has 0 saturated carbocycles. The van der Waals surface area contributed by atoms with Crippen molar-refractivity contribution < 1.29 is 9.59 Å². The number of anilines is 1. The highest BCUT2D eigenvalue weighted by atomic mass is 16.2. The van der Waals surface area contributed by atoms with Crippen LogP contribution in [-0.4, -0.2) is 28.0 Å². The van der Waals surface area contributed by atoms with Gasteiger partial charge in [0.1, 0.15) is 0 Å². The average molecular weight is 366 g/mol. The number of para-hydroxylation sites is 2. The monoisotopic (exact) mass is 366 g/mol. The summed E-state index contributed by atoms with van der Waals surface area (Å²) in [6, 6.07) is 14.2. The fourth-order valence-corrected chi connectivity index (χ4v) is 3.08. The van der Waals surface area contributed by atoms with Gasteiger partial charge in [-0.1, -0.05) is 12.1 Å². The summed E-state index contributed by atoms with van der Waals surface area (Å²) in [6.45, 7) is 2.80. The fourth-order valence-electron chi connectivity index (χ4n) is 3.08. The minimum atomic E-state index is -0.192. The molecule has 0 atom stereocenters. The Bertz CT molecular complexity index is 1030. The van der Waals surface area contributed by atoms with Gasteiger partial charge < -0.3 is 10.6 Å². The third-order valence-electron chi connectivity index (χ3n) is 4.46. The molecule has 0 saturated heterocycles. The van der Waals surface area contributed by atoms with E-state index in [-0.39, 0.29) is 23.9 Å². The number of benzene rings is 2. The quantitative estimate of drug-likeness (QED) is 0.701. The second-order valence-corrected chi connectivity index (χ2v) is 6.12. The summed E-state index contributed by atoms with van der Waals surface area (Å²) in [6.07, 6.45) is 0.175. The van der Waals surface area contributed by atoms with Crippen LogP contribution < -0.4 is 16.3 Å². The first-order valence-electron chi connectivity index (χ1n) is 8.85. The summed E-state index contributed by atoms with van der Waals surface area (Å²) in [5.41, 5.74) is 2.72. The summed E-state index contributed by atoms with van der Waals surface area (Å²) in [5.74, 6) is -0.373. The molecule has 0 aliphatic heterocycles. The number of aromatic nitrogens is 2. The number of imidazole rings is 1. The van der Waals surface area contributed by atoms with Gasteiger partial charge in [0.05, 0.1) is 11.0 Å². The molecule has 0 bridgehead atoms. The maximum atomic E-state index is 12.6. The van der Waals surface area contributed by atoms with Crippen LogP contribution in [0.3, 0.4) is 0 Å². The molecule has 0 spiro atoms. The molecule has 7 nitrogen and oxygen atoms in total. The normalized spacial score (nSPS) is 10.7. The van der Waals surface area contributed by atoms with Crippen molar-refractivity contribution in [1.82, 2.24) is 14.5 Å². The predicted molar refractivity (Wildman–Crippen MR) is 105 cm³/mol. The van der Waals surface area contributed by atoms with Gasteiger partial charge in [0.2, 0.25) is 5.91 Å². The van der Waals surface area contributed by atoms with E-state index in [0.29, 0.717) is 24.3 Å². The van der Waals surface area contributed by atoms with Crippen molar-refractivity contribution in [3.05, 3.63) is 64.6 Å². The lowest BCUT2D eigenvalue weighted by Crippen LogP contribution is -2.25. The van der Waals surface area contributed by atoms with Crippen molar-refractivity contribution in [1.29, 1.82) is 0 Å². The van der Waals surface area contributed by atoms with Gasteiger partial charge in [-0.2, -0.15) is 0 Å². The first-order chi connectivity index (χ1) is 13.0. The van der Waals surface area contributed by atoms with E-state index in [0.717, 1.165) is 11.0 Å². The average Bonchev–Trinajstić information content (AvgIpc) is 2.97. The first-order valence-corrected chi connectivity index (χ1v) is 8.85. The van der Waals surface area contributed by atoms with E-state index < -0.39 is 0 Å². The van der Waals surface area contributed by atoms with Crippen LogP contribution >= 0.6 is 0 Å². The number of nitrogens with zero attached hydrogens (tertiary/aromatic N) is 2. The van der Waals surface area contributed by atoms with Crippen LogP contribution in [0.1, 0.15) is 23.7 Å². The van der Waals surface area contributed by atoms with Crippen LogP contribution in [0.5, 0.6) is 0 Å². The second-order valence-electron chi connectivity index (χ2n) is 6.12. The van der Waals surface area contributed by atoms with Gasteiger partial charge in [0.15, 0.2) is 0 Å². The van der Waals surface area contributed by atoms with Crippen molar-refractivity contribution in [2.24, 2.45) is 0 Å². The molecule has 2 N–H and O–H groups in total. The summed E-state index contributed by atoms with van der Waals surface area (Å²) in [7, 11) is 1.56. The molecule has 2 amide bonds. The van der Waals surface area contributed by atoms with E-state index in [1.54, 1.807) is 40.4 Å². The Morgan fingerprint density at radius 1 is 0.963 bits per heavy atom. The molecule has 2 aromatic carbocycles. The molecule has 0 unspecified atom stereocenters. The molecular weight excluding hydrogens is 344 g/mol. The van der Waals surface area contributed by atoms with E-state index >= 15 is 0 Å². The highest BCUT2D eigenvalue weighted by molar-refractivity contribution is 5.95. The number of nitrogens with one attached hydrogen (secondary N) is 2. The molecule has 7 heteroatoms. The Morgan fingerprint density at radius 3 is 2.19 bits per heavy atom. The molecule has 27 heavy (non-hydrogen) atoms. The van der Waals surface area contributed by atoms with Crippen LogP contribution in [0.4, 0.5) is 5.69 Å². The minimum absolute atomic E-state index is 0.110. The van der Waals surface area contributed by atoms with E-state index in [2.05, 4.69) is 10.6 Å². The third-order valence-corrected chi connectivity index (χ3v) is 4.46. The summed E-state index contributed by atoms with van der Waals surface area (Å²) in [5, 5.41) is 5.34. The van der Waals surface area contributed by atoms with Crippen LogP contribution in [0.25, 0.3) is 11.0 Å². The van der Waals surface area contributed by atoms with Crippen molar-refractivity contribution in [2.75, 3.05) is 12.4 Å². The molecule has 3 rings (SSSR count). The van der Waals surface area contributed by atoms with E-state index in [1.807, 2.05) is 31.2 Å². The van der Waals surface area contributed by atoms with Crippen LogP contribution in [-0.2, 0) is 17.9 Å². The number of carbonyl (C=O) groups excluding carboxylic acids is 2. The number of rotatable bonds is 6. The molecule has 0 radical (unpaired) electrons. The van der Waals surface area contributed by atoms with E-state index in [4.69, 9.17) is 0 Å². The largest absolute Gasteiger partial charge is 0.355 e. The van der Waals surface area contributed by atoms with Crippen LogP contribution in [0.2, 0.25) is 0 Å². The Labute approximate surface area is 156 Å². The zero-order chi connectivity index (χ0) is 19.4. The van der Waals surface area contributed by atoms with Crippen molar-refractivity contribution >= 4 is 28.5 Å². The lowest BCUT2D eigenvalue weighted by molar-refractivity contribution is -0.116. The van der Waals surface area contributed by atoms with Gasteiger partial charge in [-0.25, -0.2) is 4.79 Å². The van der Waals surface area contributed by atoms with Gasteiger partial charge in [0.25, 0.3) is 5.91 Å². The van der Waals surface area contributed by atoms with Gasteiger partial charge in [0, 0.05) is 37.8 Å². The molecule has 3 aromatic rings. The predicted octanol–water partition coefficient (Wildman–Crippen LogP) is 2.21. The lowest BCUT2D eigenvalue weighted by atomic mass is 10.2. The van der Waals surface area contributed by atoms with E-state index in [9.17, 15) is 14.4 Å². The zero-order valence-electron chi connectivity index (χ0n) is 15.4. The Balaban J connectivity index is 1.70. The van der Waals surface area contributed by atoms with Crippen molar-refractivity contribution in [2.45, 2.75) is 26.4 Å². The van der Waals surface area contributed by atoms with Gasteiger partial charge in [-0.15, -0.1) is 0 Å². The number of carbonyl (C=O) groups is 2. The number of aryl methyl sites for hydroxylation is 2. The lowest BCUT2D eigenvalue weighted by Gasteiger charge is -2.07. The topological polar surface area (TPSA) is 85.1 Å².